The zero-order valence-corrected chi connectivity index (χ0v) is 8.75. The highest BCUT2D eigenvalue weighted by Gasteiger charge is 2.09. The second kappa shape index (κ2) is 4.59. The van der Waals surface area contributed by atoms with Crippen LogP contribution in [0.1, 0.15) is 5.56 Å². The lowest BCUT2D eigenvalue weighted by molar-refractivity contribution is 0.282. The largest absolute Gasteiger partial charge is 0.392 e. The van der Waals surface area contributed by atoms with Gasteiger partial charge in [-0.15, -0.1) is 0 Å². The highest BCUT2D eigenvalue weighted by Crippen LogP contribution is 2.25. The topological polar surface area (TPSA) is 20.2 Å². The van der Waals surface area contributed by atoms with Crippen LogP contribution in [0.5, 0.6) is 0 Å². The average Bonchev–Trinajstić information content (AvgIpc) is 2.33. The number of aliphatic hydroxyl groups is 1. The summed E-state index contributed by atoms with van der Waals surface area (Å²) < 4.78 is 39.3. The first-order valence-corrected chi connectivity index (χ1v) is 4.96. The molecule has 0 radical (unpaired) electrons. The first kappa shape index (κ1) is 11.7. The average molecular weight is 238 g/mol. The third kappa shape index (κ3) is 2.31. The van der Waals surface area contributed by atoms with Crippen molar-refractivity contribution in [2.45, 2.75) is 6.61 Å². The van der Waals surface area contributed by atoms with E-state index in [1.165, 1.54) is 24.3 Å². The fourth-order valence-corrected chi connectivity index (χ4v) is 1.56. The van der Waals surface area contributed by atoms with Crippen LogP contribution in [0.3, 0.4) is 0 Å². The SMILES string of the molecule is OCc1ccc(F)c(-c2ccc(F)c(F)c2)c1. The summed E-state index contributed by atoms with van der Waals surface area (Å²) in [7, 11) is 0. The molecular weight excluding hydrogens is 229 g/mol. The van der Waals surface area contributed by atoms with E-state index in [1.54, 1.807) is 0 Å². The van der Waals surface area contributed by atoms with Gasteiger partial charge in [-0.3, -0.25) is 0 Å². The van der Waals surface area contributed by atoms with Gasteiger partial charge in [-0.05, 0) is 35.4 Å². The molecule has 4 heteroatoms. The monoisotopic (exact) mass is 238 g/mol. The maximum Gasteiger partial charge on any atom is 0.159 e. The van der Waals surface area contributed by atoms with Crippen molar-refractivity contribution in [3.8, 4) is 11.1 Å². The minimum absolute atomic E-state index is 0.135. The van der Waals surface area contributed by atoms with Gasteiger partial charge in [0, 0.05) is 5.56 Å². The molecule has 0 heterocycles. The zero-order chi connectivity index (χ0) is 12.4. The molecule has 0 saturated heterocycles. The van der Waals surface area contributed by atoms with Crippen LogP contribution in [0.25, 0.3) is 11.1 Å². The molecule has 2 aromatic rings. The molecule has 1 N–H and O–H groups in total. The third-order valence-electron chi connectivity index (χ3n) is 2.44. The van der Waals surface area contributed by atoms with Crippen molar-refractivity contribution in [1.82, 2.24) is 0 Å². The van der Waals surface area contributed by atoms with E-state index >= 15 is 0 Å². The van der Waals surface area contributed by atoms with Crippen LogP contribution in [-0.2, 0) is 6.61 Å². The Kier molecular flexibility index (Phi) is 3.15. The van der Waals surface area contributed by atoms with Gasteiger partial charge in [-0.2, -0.15) is 0 Å². The van der Waals surface area contributed by atoms with E-state index in [-0.39, 0.29) is 17.7 Å². The molecule has 0 fully saturated rings. The molecule has 0 aliphatic carbocycles. The quantitative estimate of drug-likeness (QED) is 0.851. The lowest BCUT2D eigenvalue weighted by atomic mass is 10.0. The van der Waals surface area contributed by atoms with Crippen LogP contribution >= 0.6 is 0 Å². The Hall–Kier alpha value is -1.81. The Morgan fingerprint density at radius 1 is 0.824 bits per heavy atom. The van der Waals surface area contributed by atoms with Crippen molar-refractivity contribution in [2.24, 2.45) is 0 Å². The van der Waals surface area contributed by atoms with E-state index in [9.17, 15) is 13.2 Å². The first-order chi connectivity index (χ1) is 8.11. The molecule has 1 nitrogen and oxygen atoms in total. The van der Waals surface area contributed by atoms with Crippen molar-refractivity contribution in [1.29, 1.82) is 0 Å². The van der Waals surface area contributed by atoms with Crippen LogP contribution in [0.15, 0.2) is 36.4 Å². The Morgan fingerprint density at radius 2 is 1.53 bits per heavy atom. The molecule has 17 heavy (non-hydrogen) atoms. The summed E-state index contributed by atoms with van der Waals surface area (Å²) >= 11 is 0. The van der Waals surface area contributed by atoms with Gasteiger partial charge in [-0.1, -0.05) is 12.1 Å². The van der Waals surface area contributed by atoms with E-state index in [0.29, 0.717) is 5.56 Å². The second-order valence-electron chi connectivity index (χ2n) is 3.60. The Morgan fingerprint density at radius 3 is 2.18 bits per heavy atom. The normalized spacial score (nSPS) is 10.6. The standard InChI is InChI=1S/C13H9F3O/c14-11-3-1-8(7-17)5-10(11)9-2-4-12(15)13(16)6-9/h1-6,17H,7H2. The van der Waals surface area contributed by atoms with Crippen molar-refractivity contribution >= 4 is 0 Å². The lowest BCUT2D eigenvalue weighted by Crippen LogP contribution is -1.91. The summed E-state index contributed by atoms with van der Waals surface area (Å²) in [5, 5.41) is 8.94. The van der Waals surface area contributed by atoms with Gasteiger partial charge < -0.3 is 5.11 Å². The molecule has 0 saturated carbocycles. The first-order valence-electron chi connectivity index (χ1n) is 4.96. The molecule has 0 atom stereocenters. The summed E-state index contributed by atoms with van der Waals surface area (Å²) in [6.45, 7) is -0.239. The summed E-state index contributed by atoms with van der Waals surface area (Å²) in [6.07, 6.45) is 0. The zero-order valence-electron chi connectivity index (χ0n) is 8.75. The van der Waals surface area contributed by atoms with E-state index in [2.05, 4.69) is 0 Å². The van der Waals surface area contributed by atoms with Gasteiger partial charge in [0.15, 0.2) is 11.6 Å². The summed E-state index contributed by atoms with van der Waals surface area (Å²) in [5.41, 5.74) is 0.873. The van der Waals surface area contributed by atoms with Crippen LogP contribution in [-0.4, -0.2) is 5.11 Å². The molecule has 2 rings (SSSR count). The third-order valence-corrected chi connectivity index (χ3v) is 2.44. The van der Waals surface area contributed by atoms with Crippen molar-refractivity contribution in [3.05, 3.63) is 59.4 Å². The van der Waals surface area contributed by atoms with E-state index in [0.717, 1.165) is 12.1 Å². The smallest absolute Gasteiger partial charge is 0.159 e. The Balaban J connectivity index is 2.55. The molecule has 0 amide bonds. The highest BCUT2D eigenvalue weighted by molar-refractivity contribution is 5.65. The van der Waals surface area contributed by atoms with Gasteiger partial charge in [-0.25, -0.2) is 13.2 Å². The van der Waals surface area contributed by atoms with Crippen LogP contribution < -0.4 is 0 Å². The fourth-order valence-electron chi connectivity index (χ4n) is 1.56. The number of aliphatic hydroxyl groups excluding tert-OH is 1. The number of rotatable bonds is 2. The summed E-state index contributed by atoms with van der Waals surface area (Å²) in [5.74, 6) is -2.56. The predicted octanol–water partition coefficient (Wildman–Crippen LogP) is 3.26. The van der Waals surface area contributed by atoms with Crippen molar-refractivity contribution in [2.75, 3.05) is 0 Å². The van der Waals surface area contributed by atoms with Gasteiger partial charge in [0.25, 0.3) is 0 Å². The number of hydrogen-bond acceptors (Lipinski definition) is 1. The van der Waals surface area contributed by atoms with E-state index in [1.807, 2.05) is 0 Å². The summed E-state index contributed by atoms with van der Waals surface area (Å²) in [6, 6.07) is 7.17. The van der Waals surface area contributed by atoms with Crippen molar-refractivity contribution in [3.63, 3.8) is 0 Å². The van der Waals surface area contributed by atoms with Crippen LogP contribution in [0, 0.1) is 17.5 Å². The van der Waals surface area contributed by atoms with Crippen molar-refractivity contribution < 1.29 is 18.3 Å². The van der Waals surface area contributed by atoms with Crippen LogP contribution in [0.2, 0.25) is 0 Å². The van der Waals surface area contributed by atoms with E-state index in [4.69, 9.17) is 5.11 Å². The molecule has 2 aromatic carbocycles. The van der Waals surface area contributed by atoms with Gasteiger partial charge >= 0.3 is 0 Å². The van der Waals surface area contributed by atoms with Gasteiger partial charge in [0.2, 0.25) is 0 Å². The summed E-state index contributed by atoms with van der Waals surface area (Å²) in [4.78, 5) is 0. The maximum absolute atomic E-state index is 13.5. The Labute approximate surface area is 96.1 Å². The molecule has 0 aliphatic rings. The maximum atomic E-state index is 13.5. The Bertz CT molecular complexity index is 552. The van der Waals surface area contributed by atoms with Gasteiger partial charge in [0.1, 0.15) is 5.82 Å². The highest BCUT2D eigenvalue weighted by atomic mass is 19.2. The molecule has 0 aliphatic heterocycles. The predicted molar refractivity (Wildman–Crippen MR) is 57.7 cm³/mol. The number of halogens is 3. The van der Waals surface area contributed by atoms with Crippen LogP contribution in [0.4, 0.5) is 13.2 Å². The minimum Gasteiger partial charge on any atom is -0.392 e. The fraction of sp³-hybridized carbons (Fsp3) is 0.0769. The number of benzene rings is 2. The molecular formula is C13H9F3O. The minimum atomic E-state index is -1.03. The van der Waals surface area contributed by atoms with E-state index < -0.39 is 17.5 Å². The molecule has 0 unspecified atom stereocenters. The molecule has 0 spiro atoms. The second-order valence-corrected chi connectivity index (χ2v) is 3.60. The van der Waals surface area contributed by atoms with Gasteiger partial charge in [0.05, 0.1) is 6.61 Å². The number of hydrogen-bond donors (Lipinski definition) is 1. The molecule has 88 valence electrons. The lowest BCUT2D eigenvalue weighted by Gasteiger charge is -2.06. The molecule has 0 bridgehead atoms. The molecule has 0 aromatic heterocycles.